The van der Waals surface area contributed by atoms with Crippen LogP contribution in [-0.4, -0.2) is 17.6 Å². The molecule has 1 aliphatic carbocycles. The van der Waals surface area contributed by atoms with E-state index in [1.807, 2.05) is 24.4 Å². The van der Waals surface area contributed by atoms with Crippen LogP contribution in [0.1, 0.15) is 29.2 Å². The third-order valence-electron chi connectivity index (χ3n) is 3.86. The summed E-state index contributed by atoms with van der Waals surface area (Å²) in [6.45, 7) is 0.617. The number of nitrogens with zero attached hydrogens (tertiary/aromatic N) is 1. The highest BCUT2D eigenvalue weighted by atomic mass is 16.2. The minimum Gasteiger partial charge on any atom is -0.338 e. The zero-order valence-corrected chi connectivity index (χ0v) is 11.9. The number of rotatable bonds is 4. The molecule has 1 aliphatic rings. The van der Waals surface area contributed by atoms with E-state index >= 15 is 0 Å². The molecule has 2 N–H and O–H groups in total. The van der Waals surface area contributed by atoms with Crippen molar-refractivity contribution in [2.75, 3.05) is 6.54 Å². The number of carbonyl (C=O) groups excluding carboxylic acids is 1. The van der Waals surface area contributed by atoms with Gasteiger partial charge < -0.3 is 10.6 Å². The maximum absolute atomic E-state index is 12.0. The summed E-state index contributed by atoms with van der Waals surface area (Å²) in [6.07, 6.45) is 6.39. The van der Waals surface area contributed by atoms with E-state index in [2.05, 4.69) is 33.8 Å². The summed E-state index contributed by atoms with van der Waals surface area (Å²) >= 11 is 0. The van der Waals surface area contributed by atoms with Crippen molar-refractivity contribution in [1.29, 1.82) is 0 Å². The van der Waals surface area contributed by atoms with Crippen LogP contribution in [0, 0.1) is 0 Å². The quantitative estimate of drug-likeness (QED) is 0.905. The van der Waals surface area contributed by atoms with Crippen molar-refractivity contribution in [2.45, 2.75) is 25.3 Å². The number of hydrogen-bond acceptors (Lipinski definition) is 2. The maximum atomic E-state index is 12.0. The first-order valence-corrected chi connectivity index (χ1v) is 7.34. The Morgan fingerprint density at radius 1 is 1.24 bits per heavy atom. The molecule has 1 atom stereocenters. The maximum Gasteiger partial charge on any atom is 0.315 e. The standard InChI is InChI=1S/C17H19N3O/c21-17(19-11-9-13-4-3-10-18-12-13)20-16-8-7-14-5-1-2-6-15(14)16/h1-6,10,12,16H,7-9,11H2,(H2,19,20,21)/t16-/m1/s1. The second kappa shape index (κ2) is 6.39. The SMILES string of the molecule is O=C(NCCc1cccnc1)N[C@@H]1CCc2ccccc21. The van der Waals surface area contributed by atoms with Crippen molar-refractivity contribution in [3.8, 4) is 0 Å². The number of amides is 2. The van der Waals surface area contributed by atoms with Crippen LogP contribution in [-0.2, 0) is 12.8 Å². The molecule has 3 rings (SSSR count). The molecule has 0 bridgehead atoms. The zero-order valence-electron chi connectivity index (χ0n) is 11.9. The summed E-state index contributed by atoms with van der Waals surface area (Å²) in [7, 11) is 0. The molecule has 0 saturated carbocycles. The minimum atomic E-state index is -0.0967. The Bertz CT molecular complexity index is 612. The Morgan fingerprint density at radius 2 is 2.14 bits per heavy atom. The van der Waals surface area contributed by atoms with Gasteiger partial charge in [-0.25, -0.2) is 4.79 Å². The van der Waals surface area contributed by atoms with E-state index < -0.39 is 0 Å². The van der Waals surface area contributed by atoms with E-state index in [9.17, 15) is 4.79 Å². The average Bonchev–Trinajstić information content (AvgIpc) is 2.92. The molecule has 108 valence electrons. The van der Waals surface area contributed by atoms with Gasteiger partial charge in [-0.15, -0.1) is 0 Å². The van der Waals surface area contributed by atoms with Gasteiger partial charge in [0.25, 0.3) is 0 Å². The lowest BCUT2D eigenvalue weighted by Gasteiger charge is -2.14. The number of benzene rings is 1. The minimum absolute atomic E-state index is 0.0967. The van der Waals surface area contributed by atoms with Crippen LogP contribution in [0.4, 0.5) is 4.79 Å². The van der Waals surface area contributed by atoms with Crippen molar-refractivity contribution in [2.24, 2.45) is 0 Å². The summed E-state index contributed by atoms with van der Waals surface area (Å²) in [5.41, 5.74) is 3.72. The van der Waals surface area contributed by atoms with Crippen LogP contribution in [0.15, 0.2) is 48.8 Å². The monoisotopic (exact) mass is 281 g/mol. The van der Waals surface area contributed by atoms with Gasteiger partial charge in [-0.2, -0.15) is 0 Å². The van der Waals surface area contributed by atoms with E-state index in [0.29, 0.717) is 6.54 Å². The van der Waals surface area contributed by atoms with Crippen LogP contribution in [0.3, 0.4) is 0 Å². The Morgan fingerprint density at radius 3 is 3.00 bits per heavy atom. The van der Waals surface area contributed by atoms with Crippen molar-refractivity contribution in [3.63, 3.8) is 0 Å². The van der Waals surface area contributed by atoms with Gasteiger partial charge in [-0.05, 0) is 42.0 Å². The van der Waals surface area contributed by atoms with Crippen LogP contribution in [0.25, 0.3) is 0 Å². The summed E-state index contributed by atoms with van der Waals surface area (Å²) in [4.78, 5) is 16.0. The fourth-order valence-electron chi connectivity index (χ4n) is 2.78. The van der Waals surface area contributed by atoms with Gasteiger partial charge in [-0.3, -0.25) is 4.98 Å². The van der Waals surface area contributed by atoms with Crippen LogP contribution >= 0.6 is 0 Å². The lowest BCUT2D eigenvalue weighted by molar-refractivity contribution is 0.237. The first-order chi connectivity index (χ1) is 10.3. The Kier molecular flexibility index (Phi) is 4.15. The van der Waals surface area contributed by atoms with Gasteiger partial charge in [0, 0.05) is 18.9 Å². The number of carbonyl (C=O) groups is 1. The van der Waals surface area contributed by atoms with E-state index in [1.165, 1.54) is 11.1 Å². The number of urea groups is 1. The number of aryl methyl sites for hydroxylation is 1. The molecule has 0 radical (unpaired) electrons. The number of fused-ring (bicyclic) bond motifs is 1. The van der Waals surface area contributed by atoms with Gasteiger partial charge in [0.15, 0.2) is 0 Å². The van der Waals surface area contributed by atoms with Gasteiger partial charge in [0.05, 0.1) is 6.04 Å². The molecule has 0 fully saturated rings. The fraction of sp³-hybridized carbons (Fsp3) is 0.294. The van der Waals surface area contributed by atoms with Crippen molar-refractivity contribution >= 4 is 6.03 Å². The first kappa shape index (κ1) is 13.6. The largest absolute Gasteiger partial charge is 0.338 e. The summed E-state index contributed by atoms with van der Waals surface area (Å²) in [6, 6.07) is 12.3. The second-order valence-corrected chi connectivity index (χ2v) is 5.30. The van der Waals surface area contributed by atoms with E-state index in [4.69, 9.17) is 0 Å². The fourth-order valence-corrected chi connectivity index (χ4v) is 2.78. The van der Waals surface area contributed by atoms with Crippen LogP contribution in [0.2, 0.25) is 0 Å². The molecule has 0 aliphatic heterocycles. The second-order valence-electron chi connectivity index (χ2n) is 5.30. The molecular weight excluding hydrogens is 262 g/mol. The summed E-state index contributed by atoms with van der Waals surface area (Å²) < 4.78 is 0. The lowest BCUT2D eigenvalue weighted by Crippen LogP contribution is -2.38. The van der Waals surface area contributed by atoms with Gasteiger partial charge in [-0.1, -0.05) is 30.3 Å². The predicted molar refractivity (Wildman–Crippen MR) is 82.0 cm³/mol. The summed E-state index contributed by atoms with van der Waals surface area (Å²) in [5.74, 6) is 0. The molecule has 1 aromatic heterocycles. The molecule has 0 spiro atoms. The highest BCUT2D eigenvalue weighted by Crippen LogP contribution is 2.30. The molecule has 4 nitrogen and oxygen atoms in total. The molecule has 4 heteroatoms. The van der Waals surface area contributed by atoms with Gasteiger partial charge in [0.1, 0.15) is 0 Å². The van der Waals surface area contributed by atoms with Gasteiger partial charge in [0.2, 0.25) is 0 Å². The van der Waals surface area contributed by atoms with E-state index in [-0.39, 0.29) is 12.1 Å². The smallest absolute Gasteiger partial charge is 0.315 e. The number of nitrogens with one attached hydrogen (secondary N) is 2. The molecule has 2 aromatic rings. The molecule has 0 saturated heterocycles. The molecule has 1 heterocycles. The molecule has 21 heavy (non-hydrogen) atoms. The normalized spacial score (nSPS) is 16.3. The third-order valence-corrected chi connectivity index (χ3v) is 3.86. The Labute approximate surface area is 124 Å². The molecule has 0 unspecified atom stereocenters. The van der Waals surface area contributed by atoms with Crippen molar-refractivity contribution in [3.05, 3.63) is 65.5 Å². The topological polar surface area (TPSA) is 54.0 Å². The highest BCUT2D eigenvalue weighted by Gasteiger charge is 2.22. The van der Waals surface area contributed by atoms with Crippen LogP contribution in [0.5, 0.6) is 0 Å². The third kappa shape index (κ3) is 3.40. The van der Waals surface area contributed by atoms with Crippen molar-refractivity contribution < 1.29 is 4.79 Å². The Balaban J connectivity index is 1.47. The highest BCUT2D eigenvalue weighted by molar-refractivity contribution is 5.74. The first-order valence-electron chi connectivity index (χ1n) is 7.34. The van der Waals surface area contributed by atoms with E-state index in [0.717, 1.165) is 24.8 Å². The number of hydrogen-bond donors (Lipinski definition) is 2. The Hall–Kier alpha value is -2.36. The predicted octanol–water partition coefficient (Wildman–Crippen LogP) is 2.61. The molecular formula is C17H19N3O. The van der Waals surface area contributed by atoms with E-state index in [1.54, 1.807) is 6.20 Å². The average molecular weight is 281 g/mol. The number of pyridine rings is 1. The van der Waals surface area contributed by atoms with Gasteiger partial charge >= 0.3 is 6.03 Å². The molecule has 2 amide bonds. The number of aromatic nitrogens is 1. The lowest BCUT2D eigenvalue weighted by atomic mass is 10.1. The zero-order chi connectivity index (χ0) is 14.5. The summed E-state index contributed by atoms with van der Waals surface area (Å²) in [5, 5.41) is 5.97. The van der Waals surface area contributed by atoms with Crippen molar-refractivity contribution in [1.82, 2.24) is 15.6 Å². The molecule has 1 aromatic carbocycles. The van der Waals surface area contributed by atoms with Crippen LogP contribution < -0.4 is 10.6 Å².